The van der Waals surface area contributed by atoms with Gasteiger partial charge < -0.3 is 9.84 Å². The van der Waals surface area contributed by atoms with Crippen molar-refractivity contribution in [1.82, 2.24) is 19.9 Å². The zero-order chi connectivity index (χ0) is 18.5. The number of thioether (sulfide) groups is 1. The maximum atomic E-state index is 12.4. The van der Waals surface area contributed by atoms with E-state index in [9.17, 15) is 4.79 Å². The van der Waals surface area contributed by atoms with E-state index in [1.54, 1.807) is 19.1 Å². The summed E-state index contributed by atoms with van der Waals surface area (Å²) in [6.07, 6.45) is 1.78. The molecule has 3 aromatic rings. The Bertz CT molecular complexity index is 903. The smallest absolute Gasteiger partial charge is 0.238 e. The SMILES string of the molecule is C=CCn1c(SC(C)C(=O)Nc2cc(C)on2)nnc1-c1ccccc1. The van der Waals surface area contributed by atoms with Gasteiger partial charge >= 0.3 is 0 Å². The number of hydrogen-bond donors (Lipinski definition) is 1. The number of nitrogens with zero attached hydrogens (tertiary/aromatic N) is 4. The molecule has 0 saturated carbocycles. The van der Waals surface area contributed by atoms with Crippen LogP contribution in [0.2, 0.25) is 0 Å². The zero-order valence-corrected chi connectivity index (χ0v) is 15.4. The molecule has 0 aliphatic rings. The molecule has 2 heterocycles. The summed E-state index contributed by atoms with van der Waals surface area (Å²) in [5, 5.41) is 15.3. The number of aromatic nitrogens is 4. The minimum atomic E-state index is -0.386. The largest absolute Gasteiger partial charge is 0.360 e. The molecule has 7 nitrogen and oxygen atoms in total. The van der Waals surface area contributed by atoms with Gasteiger partial charge in [0.05, 0.1) is 5.25 Å². The van der Waals surface area contributed by atoms with Crippen LogP contribution >= 0.6 is 11.8 Å². The molecule has 0 aliphatic heterocycles. The van der Waals surface area contributed by atoms with Crippen molar-refractivity contribution in [2.24, 2.45) is 0 Å². The van der Waals surface area contributed by atoms with E-state index in [0.717, 1.165) is 11.4 Å². The number of benzene rings is 1. The molecule has 8 heteroatoms. The van der Waals surface area contributed by atoms with Crippen LogP contribution in [0, 0.1) is 6.92 Å². The Morgan fingerprint density at radius 2 is 2.15 bits per heavy atom. The average Bonchev–Trinajstić information content (AvgIpc) is 3.22. The van der Waals surface area contributed by atoms with E-state index in [0.29, 0.717) is 23.3 Å². The lowest BCUT2D eigenvalue weighted by atomic mass is 10.2. The molecule has 0 bridgehead atoms. The third-order valence-electron chi connectivity index (χ3n) is 3.59. The monoisotopic (exact) mass is 369 g/mol. The molecular formula is C18H19N5O2S. The Morgan fingerprint density at radius 1 is 1.38 bits per heavy atom. The van der Waals surface area contributed by atoms with Crippen LogP contribution in [0.25, 0.3) is 11.4 Å². The van der Waals surface area contributed by atoms with Crippen LogP contribution in [0.3, 0.4) is 0 Å². The minimum Gasteiger partial charge on any atom is -0.360 e. The van der Waals surface area contributed by atoms with Crippen LogP contribution in [-0.4, -0.2) is 31.1 Å². The van der Waals surface area contributed by atoms with Crippen molar-refractivity contribution in [3.05, 3.63) is 54.8 Å². The van der Waals surface area contributed by atoms with Gasteiger partial charge in [-0.15, -0.1) is 16.8 Å². The van der Waals surface area contributed by atoms with Crippen molar-refractivity contribution in [2.75, 3.05) is 5.32 Å². The Labute approximate surface area is 155 Å². The fourth-order valence-corrected chi connectivity index (χ4v) is 3.19. The molecule has 26 heavy (non-hydrogen) atoms. The lowest BCUT2D eigenvalue weighted by molar-refractivity contribution is -0.115. The molecular weight excluding hydrogens is 350 g/mol. The molecule has 134 valence electrons. The van der Waals surface area contributed by atoms with Crippen molar-refractivity contribution in [2.45, 2.75) is 30.8 Å². The molecule has 1 amide bonds. The third-order valence-corrected chi connectivity index (χ3v) is 4.67. The highest BCUT2D eigenvalue weighted by Crippen LogP contribution is 2.27. The molecule has 1 unspecified atom stereocenters. The highest BCUT2D eigenvalue weighted by atomic mass is 32.2. The standard InChI is InChI=1S/C18H19N5O2S/c1-4-10-23-16(14-8-6-5-7-9-14)20-21-18(23)26-13(3)17(24)19-15-11-12(2)25-22-15/h4-9,11,13H,1,10H2,2-3H3,(H,19,22,24). The van der Waals surface area contributed by atoms with Gasteiger partial charge in [0.2, 0.25) is 5.91 Å². The van der Waals surface area contributed by atoms with Gasteiger partial charge in [0.25, 0.3) is 0 Å². The Hall–Kier alpha value is -2.87. The Morgan fingerprint density at radius 3 is 2.81 bits per heavy atom. The normalized spacial score (nSPS) is 11.9. The second kappa shape index (κ2) is 8.01. The van der Waals surface area contributed by atoms with E-state index in [1.807, 2.05) is 41.8 Å². The maximum Gasteiger partial charge on any atom is 0.238 e. The number of carbonyl (C=O) groups is 1. The van der Waals surface area contributed by atoms with Gasteiger partial charge in [-0.05, 0) is 13.8 Å². The van der Waals surface area contributed by atoms with Crippen LogP contribution < -0.4 is 5.32 Å². The van der Waals surface area contributed by atoms with Crippen LogP contribution in [0.1, 0.15) is 12.7 Å². The van der Waals surface area contributed by atoms with Gasteiger partial charge in [-0.2, -0.15) is 0 Å². The zero-order valence-electron chi connectivity index (χ0n) is 14.5. The van der Waals surface area contributed by atoms with Gasteiger partial charge in [0.15, 0.2) is 16.8 Å². The van der Waals surface area contributed by atoms with Gasteiger partial charge in [0.1, 0.15) is 5.76 Å². The maximum absolute atomic E-state index is 12.4. The summed E-state index contributed by atoms with van der Waals surface area (Å²) >= 11 is 1.33. The predicted octanol–water partition coefficient (Wildman–Crippen LogP) is 3.55. The van der Waals surface area contributed by atoms with Gasteiger partial charge in [-0.1, -0.05) is 53.3 Å². The van der Waals surface area contributed by atoms with Crippen molar-refractivity contribution in [3.8, 4) is 11.4 Å². The number of rotatable bonds is 7. The molecule has 0 spiro atoms. The molecule has 1 aromatic carbocycles. The number of aryl methyl sites for hydroxylation is 1. The highest BCUT2D eigenvalue weighted by Gasteiger charge is 2.21. The minimum absolute atomic E-state index is 0.183. The van der Waals surface area contributed by atoms with Crippen molar-refractivity contribution < 1.29 is 9.32 Å². The third kappa shape index (κ3) is 4.02. The number of hydrogen-bond acceptors (Lipinski definition) is 6. The molecule has 0 fully saturated rings. The fraction of sp³-hybridized carbons (Fsp3) is 0.222. The van der Waals surface area contributed by atoms with Gasteiger partial charge in [-0.3, -0.25) is 9.36 Å². The molecule has 0 saturated heterocycles. The van der Waals surface area contributed by atoms with Crippen LogP contribution in [-0.2, 0) is 11.3 Å². The topological polar surface area (TPSA) is 85.8 Å². The van der Waals surface area contributed by atoms with E-state index in [4.69, 9.17) is 4.52 Å². The lowest BCUT2D eigenvalue weighted by Crippen LogP contribution is -2.23. The summed E-state index contributed by atoms with van der Waals surface area (Å²) in [4.78, 5) is 12.4. The van der Waals surface area contributed by atoms with E-state index in [2.05, 4.69) is 27.2 Å². The average molecular weight is 369 g/mol. The number of anilines is 1. The second-order valence-corrected chi connectivity index (χ2v) is 6.95. The van der Waals surface area contributed by atoms with Gasteiger partial charge in [-0.25, -0.2) is 0 Å². The summed E-state index contributed by atoms with van der Waals surface area (Å²) in [5.41, 5.74) is 0.962. The van der Waals surface area contributed by atoms with Crippen LogP contribution in [0.5, 0.6) is 0 Å². The molecule has 3 rings (SSSR count). The predicted molar refractivity (Wildman–Crippen MR) is 101 cm³/mol. The summed E-state index contributed by atoms with van der Waals surface area (Å²) in [6.45, 7) is 7.93. The lowest BCUT2D eigenvalue weighted by Gasteiger charge is -2.11. The molecule has 0 radical (unpaired) electrons. The van der Waals surface area contributed by atoms with E-state index >= 15 is 0 Å². The summed E-state index contributed by atoms with van der Waals surface area (Å²) in [7, 11) is 0. The van der Waals surface area contributed by atoms with Gasteiger partial charge in [0, 0.05) is 18.2 Å². The van der Waals surface area contributed by atoms with E-state index < -0.39 is 0 Å². The first-order valence-corrected chi connectivity index (χ1v) is 8.97. The first kappa shape index (κ1) is 17.9. The quantitative estimate of drug-likeness (QED) is 0.506. The molecule has 0 aliphatic carbocycles. The summed E-state index contributed by atoms with van der Waals surface area (Å²) in [5.74, 6) is 1.60. The number of allylic oxidation sites excluding steroid dienone is 1. The molecule has 1 N–H and O–H groups in total. The number of amides is 1. The molecule has 2 aromatic heterocycles. The Balaban J connectivity index is 1.77. The fourth-order valence-electron chi connectivity index (χ4n) is 2.34. The summed E-state index contributed by atoms with van der Waals surface area (Å²) < 4.78 is 6.90. The first-order valence-electron chi connectivity index (χ1n) is 8.09. The highest BCUT2D eigenvalue weighted by molar-refractivity contribution is 8.00. The number of nitrogens with one attached hydrogen (secondary N) is 1. The summed E-state index contributed by atoms with van der Waals surface area (Å²) in [6, 6.07) is 11.5. The van der Waals surface area contributed by atoms with Crippen LogP contribution in [0.4, 0.5) is 5.82 Å². The Kier molecular flexibility index (Phi) is 5.52. The molecule has 1 atom stereocenters. The van der Waals surface area contributed by atoms with E-state index in [-0.39, 0.29) is 11.2 Å². The van der Waals surface area contributed by atoms with E-state index in [1.165, 1.54) is 11.8 Å². The first-order chi connectivity index (χ1) is 12.6. The van der Waals surface area contributed by atoms with Crippen LogP contribution in [0.15, 0.2) is 58.7 Å². The van der Waals surface area contributed by atoms with Crippen molar-refractivity contribution in [3.63, 3.8) is 0 Å². The van der Waals surface area contributed by atoms with Crippen molar-refractivity contribution >= 4 is 23.5 Å². The number of carbonyl (C=O) groups excluding carboxylic acids is 1. The second-order valence-electron chi connectivity index (χ2n) is 5.64. The van der Waals surface area contributed by atoms with Crippen molar-refractivity contribution in [1.29, 1.82) is 0 Å².